The summed E-state index contributed by atoms with van der Waals surface area (Å²) in [5.41, 5.74) is -1.19. The summed E-state index contributed by atoms with van der Waals surface area (Å²) in [6.07, 6.45) is 2.22. The number of rotatable bonds is 3. The number of ether oxygens (including phenoxy) is 4. The number of carbonyl (C=O) groups is 2. The zero-order chi connectivity index (χ0) is 24.7. The first kappa shape index (κ1) is 24.3. The van der Waals surface area contributed by atoms with Gasteiger partial charge in [0.15, 0.2) is 0 Å². The average molecular weight is 477 g/mol. The van der Waals surface area contributed by atoms with E-state index in [9.17, 15) is 14.7 Å². The normalized spacial score (nSPS) is 49.6. The van der Waals surface area contributed by atoms with Crippen molar-refractivity contribution in [3.63, 3.8) is 0 Å². The number of hydrogen-bond acceptors (Lipinski definition) is 7. The molecule has 3 saturated heterocycles. The van der Waals surface area contributed by atoms with E-state index < -0.39 is 27.9 Å². The van der Waals surface area contributed by atoms with Gasteiger partial charge in [-0.25, -0.2) is 0 Å². The number of carbonyl (C=O) groups excluding carboxylic acids is 2. The number of cyclic esters (lactones) is 1. The Morgan fingerprint density at radius 3 is 2.62 bits per heavy atom. The molecule has 1 spiro atoms. The number of methoxy groups -OCH3 is 1. The van der Waals surface area contributed by atoms with Crippen molar-refractivity contribution in [1.29, 1.82) is 0 Å². The van der Waals surface area contributed by atoms with Crippen LogP contribution in [-0.2, 0) is 28.5 Å². The lowest BCUT2D eigenvalue weighted by Gasteiger charge is -2.71. The first-order valence-corrected chi connectivity index (χ1v) is 12.8. The minimum Gasteiger partial charge on any atom is -0.469 e. The third-order valence-corrected chi connectivity index (χ3v) is 10.8. The predicted octanol–water partition coefficient (Wildman–Crippen LogP) is 3.42. The number of fused-ring (bicyclic) bond motifs is 3. The van der Waals surface area contributed by atoms with Crippen molar-refractivity contribution in [2.75, 3.05) is 20.3 Å². The Balaban J connectivity index is 1.59. The van der Waals surface area contributed by atoms with Gasteiger partial charge in [0.1, 0.15) is 11.7 Å². The van der Waals surface area contributed by atoms with Gasteiger partial charge in [-0.3, -0.25) is 9.59 Å². The summed E-state index contributed by atoms with van der Waals surface area (Å²) in [6.45, 7) is 14.4. The smallest absolute Gasteiger partial charge is 0.309 e. The van der Waals surface area contributed by atoms with E-state index in [2.05, 4.69) is 20.4 Å². The Morgan fingerprint density at radius 2 is 1.97 bits per heavy atom. The summed E-state index contributed by atoms with van der Waals surface area (Å²) in [6, 6.07) is 0. The van der Waals surface area contributed by atoms with Gasteiger partial charge in [0, 0.05) is 36.2 Å². The number of esters is 2. The average Bonchev–Trinajstić information content (AvgIpc) is 3.30. The van der Waals surface area contributed by atoms with Crippen molar-refractivity contribution >= 4 is 11.9 Å². The minimum absolute atomic E-state index is 0.0761. The largest absolute Gasteiger partial charge is 0.469 e. The maximum Gasteiger partial charge on any atom is 0.309 e. The molecule has 9 atom stereocenters. The lowest BCUT2D eigenvalue weighted by Crippen LogP contribution is -2.74. The van der Waals surface area contributed by atoms with Crippen LogP contribution in [0.5, 0.6) is 0 Å². The molecule has 0 aromatic rings. The molecule has 7 nitrogen and oxygen atoms in total. The van der Waals surface area contributed by atoms with Crippen molar-refractivity contribution in [2.24, 2.45) is 34.0 Å². The Kier molecular flexibility index (Phi) is 5.55. The molecule has 5 rings (SSSR count). The Bertz CT molecular complexity index is 891. The molecular formula is C27H40O7. The summed E-state index contributed by atoms with van der Waals surface area (Å²) >= 11 is 0. The van der Waals surface area contributed by atoms with Gasteiger partial charge in [-0.1, -0.05) is 34.3 Å². The number of hydrogen-bond donors (Lipinski definition) is 1. The Morgan fingerprint density at radius 1 is 1.24 bits per heavy atom. The van der Waals surface area contributed by atoms with Gasteiger partial charge in [-0.05, 0) is 42.1 Å². The van der Waals surface area contributed by atoms with E-state index in [-0.39, 0.29) is 54.7 Å². The van der Waals surface area contributed by atoms with Gasteiger partial charge in [-0.15, -0.1) is 0 Å². The molecule has 0 radical (unpaired) electrons. The van der Waals surface area contributed by atoms with Crippen LogP contribution in [0.15, 0.2) is 12.2 Å². The fourth-order valence-electron chi connectivity index (χ4n) is 8.66. The van der Waals surface area contributed by atoms with Crippen LogP contribution in [0.25, 0.3) is 0 Å². The standard InChI is InChI=1S/C27H40O7/c1-15-17-7-9-25(4)23(16-8-10-32-14-16)33-22(30)13-27(15,25)34-20-12-19(28)24(2,3)18(26(17,20)5)11-21(29)31-6/h16-20,23,28H,1,7-14H2,2-6H3/t16-,17?,18?,19?,20-,23-,25-,26+,27-/m0/s1. The molecule has 5 aliphatic rings. The second kappa shape index (κ2) is 7.78. The Hall–Kier alpha value is -1.44. The maximum atomic E-state index is 13.0. The second-order valence-electron chi connectivity index (χ2n) is 12.5. The van der Waals surface area contributed by atoms with E-state index in [4.69, 9.17) is 18.9 Å². The van der Waals surface area contributed by atoms with Crippen LogP contribution in [0, 0.1) is 34.0 Å². The summed E-state index contributed by atoms with van der Waals surface area (Å²) < 4.78 is 23.9. The lowest BCUT2D eigenvalue weighted by molar-refractivity contribution is -0.316. The molecule has 0 amide bonds. The second-order valence-corrected chi connectivity index (χ2v) is 12.5. The summed E-state index contributed by atoms with van der Waals surface area (Å²) in [5, 5.41) is 11.2. The molecule has 5 fully saturated rings. The van der Waals surface area contributed by atoms with Crippen LogP contribution in [0.3, 0.4) is 0 Å². The van der Waals surface area contributed by atoms with Crippen molar-refractivity contribution in [3.05, 3.63) is 12.2 Å². The minimum atomic E-state index is -0.834. The van der Waals surface area contributed by atoms with Crippen LogP contribution in [0.2, 0.25) is 0 Å². The van der Waals surface area contributed by atoms with Gasteiger partial charge in [0.25, 0.3) is 0 Å². The molecule has 0 aromatic carbocycles. The van der Waals surface area contributed by atoms with Crippen LogP contribution in [0.1, 0.15) is 66.2 Å². The molecule has 2 saturated carbocycles. The highest BCUT2D eigenvalue weighted by Gasteiger charge is 2.73. The van der Waals surface area contributed by atoms with Gasteiger partial charge in [0.05, 0.1) is 32.3 Å². The molecule has 0 aromatic heterocycles. The number of aliphatic hydroxyl groups is 1. The zero-order valence-corrected chi connectivity index (χ0v) is 21.2. The molecule has 190 valence electrons. The predicted molar refractivity (Wildman–Crippen MR) is 124 cm³/mol. The third-order valence-electron chi connectivity index (χ3n) is 10.8. The molecule has 3 unspecified atom stereocenters. The first-order valence-electron chi connectivity index (χ1n) is 12.8. The fraction of sp³-hybridized carbons (Fsp3) is 0.852. The topological polar surface area (TPSA) is 91.3 Å². The van der Waals surface area contributed by atoms with Crippen molar-refractivity contribution < 1.29 is 33.6 Å². The molecule has 7 heteroatoms. The zero-order valence-electron chi connectivity index (χ0n) is 21.2. The summed E-state index contributed by atoms with van der Waals surface area (Å²) in [4.78, 5) is 25.5. The maximum absolute atomic E-state index is 13.0. The lowest BCUT2D eigenvalue weighted by atomic mass is 9.41. The Labute approximate surface area is 202 Å². The van der Waals surface area contributed by atoms with E-state index in [0.29, 0.717) is 19.6 Å². The van der Waals surface area contributed by atoms with E-state index in [0.717, 1.165) is 24.8 Å². The first-order chi connectivity index (χ1) is 15.9. The van der Waals surface area contributed by atoms with Gasteiger partial charge in [-0.2, -0.15) is 0 Å². The molecule has 3 aliphatic heterocycles. The van der Waals surface area contributed by atoms with E-state index in [1.165, 1.54) is 7.11 Å². The quantitative estimate of drug-likeness (QED) is 0.493. The van der Waals surface area contributed by atoms with Crippen molar-refractivity contribution in [1.82, 2.24) is 0 Å². The summed E-state index contributed by atoms with van der Waals surface area (Å²) in [7, 11) is 1.41. The van der Waals surface area contributed by atoms with Crippen LogP contribution < -0.4 is 0 Å². The molecule has 34 heavy (non-hydrogen) atoms. The highest BCUT2D eigenvalue weighted by Crippen LogP contribution is 2.71. The molecule has 2 bridgehead atoms. The molecule has 1 N–H and O–H groups in total. The highest BCUT2D eigenvalue weighted by atomic mass is 16.6. The monoisotopic (exact) mass is 476 g/mol. The SMILES string of the molecule is C=C1C2CC[C@@]3(C)[C@H]([C@H]4CCOC4)OC(=O)C[C@]13O[C@H]1CC(O)C(C)(C)C(CC(=O)OC)[C@@]21C. The van der Waals surface area contributed by atoms with Gasteiger partial charge in [0.2, 0.25) is 0 Å². The summed E-state index contributed by atoms with van der Waals surface area (Å²) in [5.74, 6) is -0.453. The van der Waals surface area contributed by atoms with Crippen LogP contribution >= 0.6 is 0 Å². The molecular weight excluding hydrogens is 436 g/mol. The fourth-order valence-corrected chi connectivity index (χ4v) is 8.66. The number of aliphatic hydroxyl groups excluding tert-OH is 1. The van der Waals surface area contributed by atoms with Crippen molar-refractivity contribution in [2.45, 2.75) is 90.1 Å². The van der Waals surface area contributed by atoms with Gasteiger partial charge < -0.3 is 24.1 Å². The van der Waals surface area contributed by atoms with Gasteiger partial charge >= 0.3 is 11.9 Å². The molecule has 2 aliphatic carbocycles. The van der Waals surface area contributed by atoms with E-state index in [1.807, 2.05) is 13.8 Å². The van der Waals surface area contributed by atoms with E-state index >= 15 is 0 Å². The van der Waals surface area contributed by atoms with Crippen LogP contribution in [-0.4, -0.2) is 61.3 Å². The van der Waals surface area contributed by atoms with Crippen molar-refractivity contribution in [3.8, 4) is 0 Å². The van der Waals surface area contributed by atoms with E-state index in [1.54, 1.807) is 0 Å². The highest BCUT2D eigenvalue weighted by molar-refractivity contribution is 5.74. The third kappa shape index (κ3) is 2.99. The molecule has 3 heterocycles. The van der Waals surface area contributed by atoms with Crippen LogP contribution in [0.4, 0.5) is 0 Å².